The van der Waals surface area contributed by atoms with E-state index in [1.807, 2.05) is 0 Å². The monoisotopic (exact) mass is 307 g/mol. The molecule has 0 aliphatic heterocycles. The third kappa shape index (κ3) is 3.66. The number of ether oxygens (including phenoxy) is 1. The largest absolute Gasteiger partial charge is 0.480 e. The van der Waals surface area contributed by atoms with Gasteiger partial charge in [-0.05, 0) is 41.1 Å². The molecular weight excluding hydrogens is 297 g/mol. The Morgan fingerprint density at radius 3 is 2.81 bits per heavy atom. The molecule has 0 aliphatic rings. The van der Waals surface area contributed by atoms with Gasteiger partial charge in [-0.25, -0.2) is 5.48 Å². The minimum Gasteiger partial charge on any atom is -0.480 e. The van der Waals surface area contributed by atoms with Gasteiger partial charge in [0.25, 0.3) is 5.91 Å². The zero-order valence-electron chi connectivity index (χ0n) is 8.79. The van der Waals surface area contributed by atoms with Gasteiger partial charge < -0.3 is 4.74 Å². The summed E-state index contributed by atoms with van der Waals surface area (Å²) in [6.45, 7) is 1.62. The summed E-state index contributed by atoms with van der Waals surface area (Å²) < 4.78 is 6.11. The first-order valence-corrected chi connectivity index (χ1v) is 5.66. The topological polar surface area (TPSA) is 47.6 Å². The highest BCUT2D eigenvalue weighted by Gasteiger charge is 2.15. The van der Waals surface area contributed by atoms with Crippen LogP contribution in [0.15, 0.2) is 22.7 Å². The van der Waals surface area contributed by atoms with Crippen molar-refractivity contribution < 1.29 is 14.4 Å². The zero-order valence-corrected chi connectivity index (χ0v) is 11.1. The predicted molar refractivity (Wildman–Crippen MR) is 64.4 cm³/mol. The Morgan fingerprint density at radius 2 is 2.25 bits per heavy atom. The van der Waals surface area contributed by atoms with E-state index < -0.39 is 6.10 Å². The summed E-state index contributed by atoms with van der Waals surface area (Å²) in [5, 5.41) is 0.591. The highest BCUT2D eigenvalue weighted by atomic mass is 79.9. The average Bonchev–Trinajstić information content (AvgIpc) is 2.22. The quantitative estimate of drug-likeness (QED) is 0.870. The molecule has 6 heteroatoms. The van der Waals surface area contributed by atoms with Crippen molar-refractivity contribution in [2.45, 2.75) is 13.0 Å². The van der Waals surface area contributed by atoms with Crippen LogP contribution in [-0.2, 0) is 9.63 Å². The van der Waals surface area contributed by atoms with E-state index >= 15 is 0 Å². The van der Waals surface area contributed by atoms with Gasteiger partial charge in [0.2, 0.25) is 0 Å². The Kier molecular flexibility index (Phi) is 5.05. The lowest BCUT2D eigenvalue weighted by Gasteiger charge is -2.14. The maximum atomic E-state index is 11.3. The first kappa shape index (κ1) is 13.3. The molecule has 0 spiro atoms. The molecule has 1 aromatic rings. The van der Waals surface area contributed by atoms with Gasteiger partial charge >= 0.3 is 0 Å². The van der Waals surface area contributed by atoms with Crippen LogP contribution in [-0.4, -0.2) is 19.1 Å². The number of hydrogen-bond donors (Lipinski definition) is 1. The van der Waals surface area contributed by atoms with Gasteiger partial charge in [0.15, 0.2) is 6.10 Å². The molecule has 0 fully saturated rings. The number of carbonyl (C=O) groups excluding carboxylic acids is 1. The molecule has 0 aromatic heterocycles. The van der Waals surface area contributed by atoms with Crippen LogP contribution in [0.4, 0.5) is 0 Å². The van der Waals surface area contributed by atoms with Crippen LogP contribution in [0.5, 0.6) is 5.75 Å². The van der Waals surface area contributed by atoms with Crippen LogP contribution < -0.4 is 10.2 Å². The Labute approximate surface area is 107 Å². The molecule has 88 valence electrons. The van der Waals surface area contributed by atoms with Crippen molar-refractivity contribution >= 4 is 33.4 Å². The van der Waals surface area contributed by atoms with Gasteiger partial charge in [-0.1, -0.05) is 11.6 Å². The summed E-state index contributed by atoms with van der Waals surface area (Å²) in [6.07, 6.45) is -0.655. The third-order valence-electron chi connectivity index (χ3n) is 1.77. The van der Waals surface area contributed by atoms with Gasteiger partial charge in [-0.2, -0.15) is 0 Å². The van der Waals surface area contributed by atoms with Gasteiger partial charge in [0.1, 0.15) is 5.75 Å². The minimum absolute atomic E-state index is 0.357. The normalized spacial score (nSPS) is 12.0. The molecule has 1 aromatic carbocycles. The van der Waals surface area contributed by atoms with E-state index in [-0.39, 0.29) is 5.91 Å². The second-order valence-electron chi connectivity index (χ2n) is 3.01. The van der Waals surface area contributed by atoms with Crippen molar-refractivity contribution in [3.05, 3.63) is 27.7 Å². The molecule has 1 rings (SSSR count). The van der Waals surface area contributed by atoms with E-state index in [0.29, 0.717) is 15.2 Å². The maximum Gasteiger partial charge on any atom is 0.284 e. The molecule has 0 heterocycles. The predicted octanol–water partition coefficient (Wildman–Crippen LogP) is 2.55. The first-order valence-electron chi connectivity index (χ1n) is 4.49. The number of hydrogen-bond acceptors (Lipinski definition) is 3. The Balaban J connectivity index is 2.69. The molecule has 4 nitrogen and oxygen atoms in total. The van der Waals surface area contributed by atoms with E-state index in [2.05, 4.69) is 26.2 Å². The van der Waals surface area contributed by atoms with Crippen LogP contribution >= 0.6 is 27.5 Å². The van der Waals surface area contributed by atoms with Crippen molar-refractivity contribution in [1.82, 2.24) is 5.48 Å². The molecule has 0 radical (unpaired) electrons. The van der Waals surface area contributed by atoms with E-state index in [4.69, 9.17) is 16.3 Å². The van der Waals surface area contributed by atoms with Crippen molar-refractivity contribution in [3.63, 3.8) is 0 Å². The van der Waals surface area contributed by atoms with Gasteiger partial charge in [-0.3, -0.25) is 9.63 Å². The fourth-order valence-electron chi connectivity index (χ4n) is 0.998. The summed E-state index contributed by atoms with van der Waals surface area (Å²) in [7, 11) is 1.36. The van der Waals surface area contributed by atoms with E-state index in [1.54, 1.807) is 25.1 Å². The van der Waals surface area contributed by atoms with Gasteiger partial charge in [-0.15, -0.1) is 0 Å². The minimum atomic E-state index is -0.655. The van der Waals surface area contributed by atoms with Crippen molar-refractivity contribution in [2.75, 3.05) is 7.11 Å². The number of hydroxylamine groups is 1. The zero-order chi connectivity index (χ0) is 12.1. The number of amides is 1. The molecule has 1 atom stereocenters. The molecular formula is C10H11BrClNO3. The Morgan fingerprint density at radius 1 is 1.56 bits per heavy atom. The first-order chi connectivity index (χ1) is 7.54. The van der Waals surface area contributed by atoms with E-state index in [0.717, 1.165) is 0 Å². The fourth-order valence-corrected chi connectivity index (χ4v) is 1.77. The summed E-state index contributed by atoms with van der Waals surface area (Å²) in [4.78, 5) is 15.8. The number of rotatable bonds is 4. The van der Waals surface area contributed by atoms with Crippen molar-refractivity contribution in [2.24, 2.45) is 0 Å². The molecule has 16 heavy (non-hydrogen) atoms. The highest BCUT2D eigenvalue weighted by molar-refractivity contribution is 9.10. The number of carbonyl (C=O) groups is 1. The number of nitrogens with one attached hydrogen (secondary N) is 1. The molecule has 0 saturated heterocycles. The number of halogens is 2. The van der Waals surface area contributed by atoms with Crippen LogP contribution in [0.3, 0.4) is 0 Å². The summed E-state index contributed by atoms with van der Waals surface area (Å²) in [5.41, 5.74) is 2.19. The second-order valence-corrected chi connectivity index (χ2v) is 4.30. The molecule has 1 amide bonds. The van der Waals surface area contributed by atoms with E-state index in [9.17, 15) is 4.79 Å². The smallest absolute Gasteiger partial charge is 0.284 e. The van der Waals surface area contributed by atoms with Crippen molar-refractivity contribution in [3.8, 4) is 5.75 Å². The van der Waals surface area contributed by atoms with Crippen molar-refractivity contribution in [1.29, 1.82) is 0 Å². The lowest BCUT2D eigenvalue weighted by molar-refractivity contribution is -0.137. The lowest BCUT2D eigenvalue weighted by Crippen LogP contribution is -2.35. The standard InChI is InChI=1S/C10H11BrClNO3/c1-6(10(14)13-15-2)16-9-4-3-7(12)5-8(9)11/h3-6H,1-2H3,(H,13,14)/t6-/m0/s1. The van der Waals surface area contributed by atoms with Gasteiger partial charge in [0, 0.05) is 5.02 Å². The molecule has 0 bridgehead atoms. The summed E-state index contributed by atoms with van der Waals surface area (Å²) in [6, 6.07) is 5.06. The highest BCUT2D eigenvalue weighted by Crippen LogP contribution is 2.28. The third-order valence-corrected chi connectivity index (χ3v) is 2.62. The fraction of sp³-hybridized carbons (Fsp3) is 0.300. The second kappa shape index (κ2) is 6.08. The summed E-state index contributed by atoms with van der Waals surface area (Å²) >= 11 is 9.07. The summed E-state index contributed by atoms with van der Waals surface area (Å²) in [5.74, 6) is 0.188. The molecule has 0 unspecified atom stereocenters. The lowest BCUT2D eigenvalue weighted by atomic mass is 10.3. The van der Waals surface area contributed by atoms with Gasteiger partial charge in [0.05, 0.1) is 11.6 Å². The maximum absolute atomic E-state index is 11.3. The molecule has 0 saturated carbocycles. The van der Waals surface area contributed by atoms with Crippen LogP contribution in [0.2, 0.25) is 5.02 Å². The van der Waals surface area contributed by atoms with Crippen LogP contribution in [0.25, 0.3) is 0 Å². The van der Waals surface area contributed by atoms with Crippen LogP contribution in [0, 0.1) is 0 Å². The SMILES string of the molecule is CONC(=O)[C@H](C)Oc1ccc(Cl)cc1Br. The average molecular weight is 309 g/mol. The number of benzene rings is 1. The van der Waals surface area contributed by atoms with E-state index in [1.165, 1.54) is 7.11 Å². The Bertz CT molecular complexity index is 386. The Hall–Kier alpha value is -0.780. The van der Waals surface area contributed by atoms with Crippen LogP contribution in [0.1, 0.15) is 6.92 Å². The molecule has 0 aliphatic carbocycles. The molecule has 1 N–H and O–H groups in total.